The first kappa shape index (κ1) is 20.1. The van der Waals surface area contributed by atoms with E-state index in [9.17, 15) is 9.59 Å². The minimum atomic E-state index is -1.10. The Bertz CT molecular complexity index is 1260. The van der Waals surface area contributed by atoms with Crippen LogP contribution in [0.3, 0.4) is 0 Å². The van der Waals surface area contributed by atoms with E-state index in [1.165, 1.54) is 6.42 Å². The smallest absolute Gasteiger partial charge is 0.275 e. The zero-order valence-corrected chi connectivity index (χ0v) is 18.7. The van der Waals surface area contributed by atoms with Gasteiger partial charge in [-0.15, -0.1) is 0 Å². The monoisotopic (exact) mass is 445 g/mol. The molecule has 0 saturated heterocycles. The van der Waals surface area contributed by atoms with Crippen LogP contribution in [0.5, 0.6) is 11.5 Å². The van der Waals surface area contributed by atoms with Crippen LogP contribution < -0.4 is 19.7 Å². The van der Waals surface area contributed by atoms with E-state index in [1.807, 2.05) is 47.9 Å². The van der Waals surface area contributed by atoms with E-state index >= 15 is 0 Å². The molecule has 2 amide bonds. The highest BCUT2D eigenvalue weighted by Gasteiger charge is 2.49. The lowest BCUT2D eigenvalue weighted by Gasteiger charge is -2.44. The molecule has 3 aliphatic rings. The van der Waals surface area contributed by atoms with E-state index in [-0.39, 0.29) is 24.6 Å². The second-order valence-electron chi connectivity index (χ2n) is 9.43. The van der Waals surface area contributed by atoms with Gasteiger partial charge in [-0.1, -0.05) is 37.5 Å². The van der Waals surface area contributed by atoms with Gasteiger partial charge in [-0.3, -0.25) is 14.5 Å². The third-order valence-electron chi connectivity index (χ3n) is 7.24. The quantitative estimate of drug-likeness (QED) is 0.655. The molecular weight excluding hydrogens is 418 g/mol. The van der Waals surface area contributed by atoms with Gasteiger partial charge in [0.05, 0.1) is 6.54 Å². The van der Waals surface area contributed by atoms with Crippen LogP contribution in [0.25, 0.3) is 10.9 Å². The molecule has 1 saturated carbocycles. The van der Waals surface area contributed by atoms with Crippen molar-refractivity contribution < 1.29 is 19.1 Å². The number of hydrogen-bond donors (Lipinski definition) is 1. The van der Waals surface area contributed by atoms with Gasteiger partial charge in [0.15, 0.2) is 11.5 Å². The van der Waals surface area contributed by atoms with Crippen molar-refractivity contribution in [3.63, 3.8) is 0 Å². The maximum absolute atomic E-state index is 14.0. The van der Waals surface area contributed by atoms with Crippen molar-refractivity contribution in [2.24, 2.45) is 0 Å². The van der Waals surface area contributed by atoms with Gasteiger partial charge in [-0.2, -0.15) is 0 Å². The lowest BCUT2D eigenvalue weighted by Crippen LogP contribution is -2.65. The molecule has 3 aromatic rings. The van der Waals surface area contributed by atoms with Gasteiger partial charge in [-0.05, 0) is 44.0 Å². The van der Waals surface area contributed by atoms with Crippen LogP contribution in [0.15, 0.2) is 48.5 Å². The number of carbonyl (C=O) groups excluding carboxylic acids is 2. The highest BCUT2D eigenvalue weighted by Crippen LogP contribution is 2.41. The van der Waals surface area contributed by atoms with E-state index in [4.69, 9.17) is 9.47 Å². The number of rotatable bonds is 3. The number of nitrogens with zero attached hydrogens (tertiary/aromatic N) is 2. The van der Waals surface area contributed by atoms with E-state index in [0.29, 0.717) is 29.4 Å². The molecule has 7 heteroatoms. The zero-order valence-electron chi connectivity index (χ0n) is 18.7. The summed E-state index contributed by atoms with van der Waals surface area (Å²) < 4.78 is 13.0. The van der Waals surface area contributed by atoms with Gasteiger partial charge in [-0.25, -0.2) is 0 Å². The maximum atomic E-state index is 14.0. The number of amides is 2. The largest absolute Gasteiger partial charge is 0.454 e. The minimum absolute atomic E-state index is 0.121. The van der Waals surface area contributed by atoms with E-state index in [2.05, 4.69) is 5.32 Å². The summed E-state index contributed by atoms with van der Waals surface area (Å²) in [5.41, 5.74) is 1.07. The Balaban J connectivity index is 1.46. The summed E-state index contributed by atoms with van der Waals surface area (Å²) in [4.78, 5) is 29.4. The van der Waals surface area contributed by atoms with Crippen molar-refractivity contribution >= 4 is 28.4 Å². The first-order chi connectivity index (χ1) is 16.0. The average Bonchev–Trinajstić information content (AvgIpc) is 3.44. The number of hydrogen-bond acceptors (Lipinski definition) is 4. The van der Waals surface area contributed by atoms with Crippen LogP contribution in [-0.2, 0) is 11.3 Å². The highest BCUT2D eigenvalue weighted by atomic mass is 16.7. The zero-order chi connectivity index (χ0) is 22.6. The number of anilines is 1. The molecule has 7 nitrogen and oxygen atoms in total. The van der Waals surface area contributed by atoms with Gasteiger partial charge >= 0.3 is 0 Å². The number of aromatic nitrogens is 1. The molecule has 33 heavy (non-hydrogen) atoms. The standard InChI is InChI=1S/C26H27N3O4/c1-26(25(31)27-18-8-3-2-4-9-18)15-28-20-10-6-5-7-17(20)13-21(28)24(30)29(26)19-11-12-22-23(14-19)33-16-32-22/h5-7,10-14,18H,2-4,8-9,15-16H2,1H3,(H,27,31). The Morgan fingerprint density at radius 1 is 1.03 bits per heavy atom. The molecule has 2 aliphatic heterocycles. The topological polar surface area (TPSA) is 72.8 Å². The van der Waals surface area contributed by atoms with Crippen molar-refractivity contribution in [2.75, 3.05) is 11.7 Å². The predicted molar refractivity (Wildman–Crippen MR) is 125 cm³/mol. The van der Waals surface area contributed by atoms with E-state index in [0.717, 1.165) is 36.6 Å². The third kappa shape index (κ3) is 3.17. The molecule has 0 bridgehead atoms. The van der Waals surface area contributed by atoms with Crippen molar-refractivity contribution in [1.29, 1.82) is 0 Å². The van der Waals surface area contributed by atoms with Crippen LogP contribution in [-0.4, -0.2) is 34.8 Å². The summed E-state index contributed by atoms with van der Waals surface area (Å²) in [5, 5.41) is 4.26. The molecule has 3 heterocycles. The second-order valence-corrected chi connectivity index (χ2v) is 9.43. The lowest BCUT2D eigenvalue weighted by molar-refractivity contribution is -0.127. The second kappa shape index (κ2) is 7.54. The summed E-state index contributed by atoms with van der Waals surface area (Å²) in [6, 6.07) is 15.4. The summed E-state index contributed by atoms with van der Waals surface area (Å²) >= 11 is 0. The molecule has 0 radical (unpaired) electrons. The number of fused-ring (bicyclic) bond motifs is 4. The fourth-order valence-corrected chi connectivity index (χ4v) is 5.46. The molecule has 2 aromatic carbocycles. The minimum Gasteiger partial charge on any atom is -0.454 e. The number of para-hydroxylation sites is 1. The van der Waals surface area contributed by atoms with Crippen LogP contribution in [0, 0.1) is 0 Å². The lowest BCUT2D eigenvalue weighted by atomic mass is 9.91. The Morgan fingerprint density at radius 2 is 1.82 bits per heavy atom. The van der Waals surface area contributed by atoms with Gasteiger partial charge in [0, 0.05) is 28.7 Å². The Labute approximate surface area is 192 Å². The van der Waals surface area contributed by atoms with Gasteiger partial charge < -0.3 is 19.4 Å². The fraction of sp³-hybridized carbons (Fsp3) is 0.385. The van der Waals surface area contributed by atoms with Crippen LogP contribution in [0.2, 0.25) is 0 Å². The first-order valence-corrected chi connectivity index (χ1v) is 11.7. The van der Waals surface area contributed by atoms with Crippen LogP contribution in [0.1, 0.15) is 49.5 Å². The number of carbonyl (C=O) groups is 2. The van der Waals surface area contributed by atoms with E-state index in [1.54, 1.807) is 17.0 Å². The molecular formula is C26H27N3O4. The Kier molecular flexibility index (Phi) is 4.60. The molecule has 1 aliphatic carbocycles. The normalized spacial score (nSPS) is 22.5. The average molecular weight is 446 g/mol. The Morgan fingerprint density at radius 3 is 2.67 bits per heavy atom. The third-order valence-corrected chi connectivity index (χ3v) is 7.24. The van der Waals surface area contributed by atoms with Crippen LogP contribution >= 0.6 is 0 Å². The SMILES string of the molecule is CC1(C(=O)NC2CCCCC2)Cn2c(cc3ccccc32)C(=O)N1c1ccc2c(c1)OCO2. The van der Waals surface area contributed by atoms with Gasteiger partial charge in [0.25, 0.3) is 5.91 Å². The molecule has 170 valence electrons. The molecule has 0 spiro atoms. The number of ether oxygens (including phenoxy) is 2. The number of nitrogens with one attached hydrogen (secondary N) is 1. The molecule has 1 aromatic heterocycles. The predicted octanol–water partition coefficient (Wildman–Crippen LogP) is 4.24. The first-order valence-electron chi connectivity index (χ1n) is 11.7. The molecule has 1 fully saturated rings. The summed E-state index contributed by atoms with van der Waals surface area (Å²) in [6.07, 6.45) is 5.43. The maximum Gasteiger partial charge on any atom is 0.275 e. The molecule has 1 atom stereocenters. The molecule has 1 unspecified atom stereocenters. The van der Waals surface area contributed by atoms with Crippen LogP contribution in [0.4, 0.5) is 5.69 Å². The van der Waals surface area contributed by atoms with Crippen molar-refractivity contribution in [2.45, 2.75) is 57.2 Å². The van der Waals surface area contributed by atoms with E-state index < -0.39 is 5.54 Å². The molecule has 1 N–H and O–H groups in total. The Hall–Kier alpha value is -3.48. The van der Waals surface area contributed by atoms with Crippen molar-refractivity contribution in [3.8, 4) is 11.5 Å². The number of benzene rings is 2. The molecule has 6 rings (SSSR count). The highest BCUT2D eigenvalue weighted by molar-refractivity contribution is 6.14. The summed E-state index contributed by atoms with van der Waals surface area (Å²) in [5.74, 6) is 0.911. The van der Waals surface area contributed by atoms with Gasteiger partial charge in [0.2, 0.25) is 12.7 Å². The fourth-order valence-electron chi connectivity index (χ4n) is 5.46. The summed E-state index contributed by atoms with van der Waals surface area (Å²) in [7, 11) is 0. The van der Waals surface area contributed by atoms with Crippen molar-refractivity contribution in [1.82, 2.24) is 9.88 Å². The summed E-state index contributed by atoms with van der Waals surface area (Å²) in [6.45, 7) is 2.39. The van der Waals surface area contributed by atoms with Gasteiger partial charge in [0.1, 0.15) is 11.2 Å². The van der Waals surface area contributed by atoms with Crippen molar-refractivity contribution in [3.05, 3.63) is 54.2 Å².